The number of carbonyl (C=O) groups excluding carboxylic acids is 1. The molecule has 1 unspecified atom stereocenters. The third-order valence-electron chi connectivity index (χ3n) is 3.61. The molecule has 1 heterocycles. The van der Waals surface area contributed by atoms with Crippen LogP contribution in [-0.2, 0) is 0 Å². The van der Waals surface area contributed by atoms with Gasteiger partial charge in [-0.1, -0.05) is 6.92 Å². The number of nitrogens with zero attached hydrogens (tertiary/aromatic N) is 1. The first-order valence-electron chi connectivity index (χ1n) is 7.03. The zero-order valence-electron chi connectivity index (χ0n) is 12.6. The first-order chi connectivity index (χ1) is 9.95. The van der Waals surface area contributed by atoms with E-state index in [0.29, 0.717) is 23.6 Å². The van der Waals surface area contributed by atoms with E-state index in [2.05, 4.69) is 15.6 Å². The molecule has 21 heavy (non-hydrogen) atoms. The van der Waals surface area contributed by atoms with Crippen molar-refractivity contribution in [1.82, 2.24) is 10.3 Å². The van der Waals surface area contributed by atoms with Gasteiger partial charge in [-0.05, 0) is 31.9 Å². The fraction of sp³-hybridized carbons (Fsp3) is 0.467. The molecule has 0 bridgehead atoms. The van der Waals surface area contributed by atoms with Crippen LogP contribution in [0.5, 0.6) is 0 Å². The molecule has 0 saturated heterocycles. The number of rotatable bonds is 5. The summed E-state index contributed by atoms with van der Waals surface area (Å²) >= 11 is 0. The maximum absolute atomic E-state index is 12.1. The van der Waals surface area contributed by atoms with Gasteiger partial charge in [0.2, 0.25) is 0 Å². The standard InChI is InChI=1S/C15H21N3O3/c1-4-15(3,7-8-19)18-14(20)17-11-5-6-12-13(9-11)21-10(2)16-12/h5-6,9,19H,4,7-8H2,1-3H3,(H2,17,18,20). The number of carbonyl (C=O) groups is 1. The Morgan fingerprint density at radius 1 is 1.48 bits per heavy atom. The molecule has 0 aliphatic heterocycles. The summed E-state index contributed by atoms with van der Waals surface area (Å²) in [5.74, 6) is 0.591. The lowest BCUT2D eigenvalue weighted by molar-refractivity contribution is 0.208. The Kier molecular flexibility index (Phi) is 4.47. The maximum atomic E-state index is 12.1. The van der Waals surface area contributed by atoms with Crippen molar-refractivity contribution in [2.75, 3.05) is 11.9 Å². The summed E-state index contributed by atoms with van der Waals surface area (Å²) in [6.07, 6.45) is 1.25. The van der Waals surface area contributed by atoms with E-state index in [4.69, 9.17) is 9.52 Å². The zero-order chi connectivity index (χ0) is 15.5. The lowest BCUT2D eigenvalue weighted by Gasteiger charge is -2.28. The molecular weight excluding hydrogens is 270 g/mol. The molecule has 2 amide bonds. The number of aliphatic hydroxyl groups excluding tert-OH is 1. The summed E-state index contributed by atoms with van der Waals surface area (Å²) in [5, 5.41) is 14.7. The number of aryl methyl sites for hydroxylation is 1. The number of aromatic nitrogens is 1. The molecule has 3 N–H and O–H groups in total. The Labute approximate surface area is 123 Å². The first-order valence-corrected chi connectivity index (χ1v) is 7.03. The number of nitrogens with one attached hydrogen (secondary N) is 2. The van der Waals surface area contributed by atoms with Crippen LogP contribution in [0, 0.1) is 6.92 Å². The van der Waals surface area contributed by atoms with E-state index in [1.807, 2.05) is 13.8 Å². The van der Waals surface area contributed by atoms with E-state index < -0.39 is 5.54 Å². The fourth-order valence-corrected chi connectivity index (χ4v) is 2.13. The van der Waals surface area contributed by atoms with Gasteiger partial charge in [0, 0.05) is 30.8 Å². The Balaban J connectivity index is 2.06. The third-order valence-corrected chi connectivity index (χ3v) is 3.61. The summed E-state index contributed by atoms with van der Waals surface area (Å²) in [6, 6.07) is 5.01. The smallest absolute Gasteiger partial charge is 0.319 e. The Morgan fingerprint density at radius 2 is 2.24 bits per heavy atom. The van der Waals surface area contributed by atoms with Gasteiger partial charge in [-0.3, -0.25) is 0 Å². The number of hydrogen-bond donors (Lipinski definition) is 3. The summed E-state index contributed by atoms with van der Waals surface area (Å²) in [4.78, 5) is 16.3. The SMILES string of the molecule is CCC(C)(CCO)NC(=O)Nc1ccc2nc(C)oc2c1. The molecule has 0 saturated carbocycles. The molecule has 1 aromatic heterocycles. The van der Waals surface area contributed by atoms with Gasteiger partial charge in [-0.15, -0.1) is 0 Å². The van der Waals surface area contributed by atoms with Crippen molar-refractivity contribution < 1.29 is 14.3 Å². The van der Waals surface area contributed by atoms with Crippen LogP contribution in [0.15, 0.2) is 22.6 Å². The molecule has 1 atom stereocenters. The van der Waals surface area contributed by atoms with E-state index in [1.54, 1.807) is 25.1 Å². The third kappa shape index (κ3) is 3.72. The van der Waals surface area contributed by atoms with Gasteiger partial charge in [0.15, 0.2) is 11.5 Å². The predicted molar refractivity (Wildman–Crippen MR) is 81.3 cm³/mol. The van der Waals surface area contributed by atoms with Crippen molar-refractivity contribution in [3.05, 3.63) is 24.1 Å². The van der Waals surface area contributed by atoms with Gasteiger partial charge >= 0.3 is 6.03 Å². The summed E-state index contributed by atoms with van der Waals surface area (Å²) < 4.78 is 5.43. The average molecular weight is 291 g/mol. The minimum Gasteiger partial charge on any atom is -0.441 e. The van der Waals surface area contributed by atoms with Gasteiger partial charge in [-0.25, -0.2) is 9.78 Å². The minimum absolute atomic E-state index is 0.0356. The van der Waals surface area contributed by atoms with E-state index in [9.17, 15) is 4.79 Å². The van der Waals surface area contributed by atoms with E-state index in [-0.39, 0.29) is 12.6 Å². The van der Waals surface area contributed by atoms with Crippen molar-refractivity contribution >= 4 is 22.8 Å². The van der Waals surface area contributed by atoms with Crippen molar-refractivity contribution in [3.63, 3.8) is 0 Å². The number of benzene rings is 1. The number of aliphatic hydroxyl groups is 1. The van der Waals surface area contributed by atoms with E-state index in [1.165, 1.54) is 0 Å². The monoisotopic (exact) mass is 291 g/mol. The molecule has 1 aromatic carbocycles. The highest BCUT2D eigenvalue weighted by molar-refractivity contribution is 5.91. The molecule has 0 aliphatic rings. The van der Waals surface area contributed by atoms with Gasteiger partial charge in [0.1, 0.15) is 5.52 Å². The Morgan fingerprint density at radius 3 is 2.90 bits per heavy atom. The van der Waals surface area contributed by atoms with Crippen LogP contribution in [0.2, 0.25) is 0 Å². The maximum Gasteiger partial charge on any atom is 0.319 e. The molecule has 0 aliphatic carbocycles. The fourth-order valence-electron chi connectivity index (χ4n) is 2.13. The molecule has 0 spiro atoms. The van der Waals surface area contributed by atoms with Crippen molar-refractivity contribution in [3.8, 4) is 0 Å². The highest BCUT2D eigenvalue weighted by atomic mass is 16.3. The van der Waals surface area contributed by atoms with Crippen LogP contribution in [0.25, 0.3) is 11.1 Å². The normalized spacial score (nSPS) is 13.9. The lowest BCUT2D eigenvalue weighted by atomic mass is 9.95. The van der Waals surface area contributed by atoms with Gasteiger partial charge < -0.3 is 20.2 Å². The topological polar surface area (TPSA) is 87.4 Å². The van der Waals surface area contributed by atoms with Crippen molar-refractivity contribution in [2.24, 2.45) is 0 Å². The Hall–Kier alpha value is -2.08. The number of anilines is 1. The number of fused-ring (bicyclic) bond motifs is 1. The summed E-state index contributed by atoms with van der Waals surface area (Å²) in [5.41, 5.74) is 1.61. The highest BCUT2D eigenvalue weighted by Gasteiger charge is 2.23. The van der Waals surface area contributed by atoms with Gasteiger partial charge in [0.05, 0.1) is 0 Å². The molecule has 0 radical (unpaired) electrons. The number of hydrogen-bond acceptors (Lipinski definition) is 4. The van der Waals surface area contributed by atoms with E-state index in [0.717, 1.165) is 11.9 Å². The second-order valence-electron chi connectivity index (χ2n) is 5.38. The molecule has 114 valence electrons. The summed E-state index contributed by atoms with van der Waals surface area (Å²) in [6.45, 7) is 5.69. The molecular formula is C15H21N3O3. The number of oxazole rings is 1. The number of urea groups is 1. The second kappa shape index (κ2) is 6.13. The van der Waals surface area contributed by atoms with Crippen LogP contribution in [0.4, 0.5) is 10.5 Å². The van der Waals surface area contributed by atoms with Crippen molar-refractivity contribution in [1.29, 1.82) is 0 Å². The van der Waals surface area contributed by atoms with Crippen LogP contribution in [0.1, 0.15) is 32.6 Å². The minimum atomic E-state index is -0.425. The molecule has 6 heteroatoms. The quantitative estimate of drug-likeness (QED) is 0.790. The van der Waals surface area contributed by atoms with Crippen LogP contribution in [0.3, 0.4) is 0 Å². The molecule has 2 rings (SSSR count). The highest BCUT2D eigenvalue weighted by Crippen LogP contribution is 2.20. The van der Waals surface area contributed by atoms with Gasteiger partial charge in [0.25, 0.3) is 0 Å². The van der Waals surface area contributed by atoms with Crippen LogP contribution in [-0.4, -0.2) is 28.3 Å². The van der Waals surface area contributed by atoms with Crippen LogP contribution < -0.4 is 10.6 Å². The summed E-state index contributed by atoms with van der Waals surface area (Å²) in [7, 11) is 0. The second-order valence-corrected chi connectivity index (χ2v) is 5.38. The zero-order valence-corrected chi connectivity index (χ0v) is 12.6. The van der Waals surface area contributed by atoms with Gasteiger partial charge in [-0.2, -0.15) is 0 Å². The predicted octanol–water partition coefficient (Wildman–Crippen LogP) is 2.81. The van der Waals surface area contributed by atoms with Crippen molar-refractivity contribution in [2.45, 2.75) is 39.2 Å². The molecule has 0 fully saturated rings. The molecule has 2 aromatic rings. The molecule has 6 nitrogen and oxygen atoms in total. The lowest BCUT2D eigenvalue weighted by Crippen LogP contribution is -2.48. The first kappa shape index (κ1) is 15.3. The van der Waals surface area contributed by atoms with E-state index >= 15 is 0 Å². The van der Waals surface area contributed by atoms with Crippen LogP contribution >= 0.6 is 0 Å². The largest absolute Gasteiger partial charge is 0.441 e. The average Bonchev–Trinajstić information content (AvgIpc) is 2.78. The number of amides is 2. The Bertz CT molecular complexity index is 638.